The van der Waals surface area contributed by atoms with Crippen LogP contribution in [0.2, 0.25) is 10.0 Å². The molecule has 4 rings (SSSR count). The Morgan fingerprint density at radius 3 is 2.50 bits per heavy atom. The van der Waals surface area contributed by atoms with Gasteiger partial charge in [-0.3, -0.25) is 9.36 Å². The highest BCUT2D eigenvalue weighted by atomic mass is 35.5. The van der Waals surface area contributed by atoms with Gasteiger partial charge < -0.3 is 9.64 Å². The molecule has 0 spiro atoms. The maximum Gasteiger partial charge on any atom is 0.233 e. The van der Waals surface area contributed by atoms with Crippen molar-refractivity contribution in [1.29, 1.82) is 0 Å². The largest absolute Gasteiger partial charge is 0.372 e. The van der Waals surface area contributed by atoms with Gasteiger partial charge in [0.25, 0.3) is 0 Å². The van der Waals surface area contributed by atoms with Crippen LogP contribution in [0.25, 0.3) is 11.4 Å². The third kappa shape index (κ3) is 5.46. The fourth-order valence-electron chi connectivity index (χ4n) is 3.77. The van der Waals surface area contributed by atoms with Crippen molar-refractivity contribution >= 4 is 40.9 Å². The SMILES string of the molecule is CC1CN(C(=O)CSc2nnc(-c3ccc(Cl)cc3Cl)n2Cc2ccccc2)CC(C)O1. The van der Waals surface area contributed by atoms with Crippen LogP contribution >= 0.6 is 35.0 Å². The molecule has 32 heavy (non-hydrogen) atoms. The van der Waals surface area contributed by atoms with Gasteiger partial charge in [-0.15, -0.1) is 10.2 Å². The Kier molecular flexibility index (Phi) is 7.40. The Bertz CT molecular complexity index is 1080. The van der Waals surface area contributed by atoms with E-state index in [0.717, 1.165) is 11.1 Å². The molecule has 0 bridgehead atoms. The summed E-state index contributed by atoms with van der Waals surface area (Å²) < 4.78 is 7.73. The van der Waals surface area contributed by atoms with Gasteiger partial charge in [0, 0.05) is 23.7 Å². The van der Waals surface area contributed by atoms with E-state index >= 15 is 0 Å². The quantitative estimate of drug-likeness (QED) is 0.453. The zero-order valence-electron chi connectivity index (χ0n) is 17.9. The lowest BCUT2D eigenvalue weighted by Crippen LogP contribution is -2.48. The standard InChI is InChI=1S/C23H24Cl2N4O2S/c1-15-11-28(12-16(2)31-15)21(30)14-32-23-27-26-22(19-9-8-18(24)10-20(19)25)29(23)13-17-6-4-3-5-7-17/h3-10,15-16H,11-14H2,1-2H3. The second kappa shape index (κ2) is 10.3. The Balaban J connectivity index is 1.58. The third-order valence-corrected chi connectivity index (χ3v) is 6.67. The van der Waals surface area contributed by atoms with Crippen LogP contribution in [0.15, 0.2) is 53.7 Å². The minimum absolute atomic E-state index is 0.0353. The van der Waals surface area contributed by atoms with E-state index in [9.17, 15) is 4.79 Å². The van der Waals surface area contributed by atoms with E-state index in [1.807, 2.05) is 59.7 Å². The highest BCUT2D eigenvalue weighted by molar-refractivity contribution is 7.99. The van der Waals surface area contributed by atoms with Gasteiger partial charge in [0.1, 0.15) is 0 Å². The summed E-state index contributed by atoms with van der Waals surface area (Å²) in [6.45, 7) is 5.74. The first kappa shape index (κ1) is 23.1. The van der Waals surface area contributed by atoms with E-state index in [-0.39, 0.29) is 23.9 Å². The molecule has 168 valence electrons. The fraction of sp³-hybridized carbons (Fsp3) is 0.348. The van der Waals surface area contributed by atoms with E-state index in [1.54, 1.807) is 12.1 Å². The van der Waals surface area contributed by atoms with Crippen LogP contribution < -0.4 is 0 Å². The van der Waals surface area contributed by atoms with Gasteiger partial charge in [0.2, 0.25) is 5.91 Å². The van der Waals surface area contributed by atoms with E-state index < -0.39 is 0 Å². The molecule has 1 aromatic heterocycles. The highest BCUT2D eigenvalue weighted by Gasteiger charge is 2.26. The zero-order chi connectivity index (χ0) is 22.7. The zero-order valence-corrected chi connectivity index (χ0v) is 20.2. The molecule has 6 nitrogen and oxygen atoms in total. The molecule has 1 fully saturated rings. The first-order chi connectivity index (χ1) is 15.4. The maximum absolute atomic E-state index is 12.9. The second-order valence-electron chi connectivity index (χ2n) is 7.85. The molecule has 0 N–H and O–H groups in total. The van der Waals surface area contributed by atoms with E-state index in [2.05, 4.69) is 10.2 Å². The van der Waals surface area contributed by atoms with Gasteiger partial charge in [-0.25, -0.2) is 0 Å². The number of amides is 1. The second-order valence-corrected chi connectivity index (χ2v) is 9.63. The van der Waals surface area contributed by atoms with Gasteiger partial charge in [-0.05, 0) is 37.6 Å². The van der Waals surface area contributed by atoms with Crippen LogP contribution in [-0.2, 0) is 16.1 Å². The number of nitrogens with zero attached hydrogens (tertiary/aromatic N) is 4. The molecule has 0 radical (unpaired) electrons. The first-order valence-corrected chi connectivity index (χ1v) is 12.1. The number of carbonyl (C=O) groups is 1. The first-order valence-electron chi connectivity index (χ1n) is 10.4. The molecule has 3 aromatic rings. The summed E-state index contributed by atoms with van der Waals surface area (Å²) in [4.78, 5) is 14.7. The molecule has 1 saturated heterocycles. The summed E-state index contributed by atoms with van der Waals surface area (Å²) in [5.41, 5.74) is 1.84. The number of hydrogen-bond donors (Lipinski definition) is 0. The number of hydrogen-bond acceptors (Lipinski definition) is 5. The normalized spacial score (nSPS) is 18.7. The monoisotopic (exact) mass is 490 g/mol. The summed E-state index contributed by atoms with van der Waals surface area (Å²) in [5, 5.41) is 10.5. The lowest BCUT2D eigenvalue weighted by atomic mass is 10.2. The molecular weight excluding hydrogens is 467 g/mol. The lowest BCUT2D eigenvalue weighted by Gasteiger charge is -2.35. The van der Waals surface area contributed by atoms with Crippen molar-refractivity contribution in [2.45, 2.75) is 37.8 Å². The Labute approximate surface area is 201 Å². The summed E-state index contributed by atoms with van der Waals surface area (Å²) in [6, 6.07) is 15.4. The van der Waals surface area contributed by atoms with Crippen molar-refractivity contribution in [2.75, 3.05) is 18.8 Å². The lowest BCUT2D eigenvalue weighted by molar-refractivity contribution is -0.140. The molecule has 2 atom stereocenters. The summed E-state index contributed by atoms with van der Waals surface area (Å²) in [5.74, 6) is 0.984. The van der Waals surface area contributed by atoms with Crippen molar-refractivity contribution in [2.24, 2.45) is 0 Å². The van der Waals surface area contributed by atoms with Crippen molar-refractivity contribution in [1.82, 2.24) is 19.7 Å². The van der Waals surface area contributed by atoms with E-state index in [4.69, 9.17) is 27.9 Å². The van der Waals surface area contributed by atoms with Gasteiger partial charge in [0.15, 0.2) is 11.0 Å². The number of morpholine rings is 1. The van der Waals surface area contributed by atoms with Gasteiger partial charge in [-0.2, -0.15) is 0 Å². The minimum atomic E-state index is 0.0353. The average Bonchev–Trinajstić information content (AvgIpc) is 3.14. The number of halogens is 2. The number of thioether (sulfide) groups is 1. The maximum atomic E-state index is 12.9. The van der Waals surface area contributed by atoms with Crippen molar-refractivity contribution in [3.8, 4) is 11.4 Å². The van der Waals surface area contributed by atoms with Crippen LogP contribution in [-0.4, -0.2) is 56.6 Å². The smallest absolute Gasteiger partial charge is 0.233 e. The van der Waals surface area contributed by atoms with Gasteiger partial charge in [-0.1, -0.05) is 65.3 Å². The molecular formula is C23H24Cl2N4O2S. The molecule has 1 aliphatic rings. The van der Waals surface area contributed by atoms with E-state index in [0.29, 0.717) is 40.7 Å². The molecule has 1 aliphatic heterocycles. The molecule has 0 saturated carbocycles. The summed E-state index contributed by atoms with van der Waals surface area (Å²) in [6.07, 6.45) is 0.0705. The molecule has 2 unspecified atom stereocenters. The highest BCUT2D eigenvalue weighted by Crippen LogP contribution is 2.32. The number of ether oxygens (including phenoxy) is 1. The van der Waals surface area contributed by atoms with Gasteiger partial charge >= 0.3 is 0 Å². The van der Waals surface area contributed by atoms with E-state index in [1.165, 1.54) is 11.8 Å². The molecule has 1 amide bonds. The number of aromatic nitrogens is 3. The predicted molar refractivity (Wildman–Crippen MR) is 128 cm³/mol. The van der Waals surface area contributed by atoms with Gasteiger partial charge in [0.05, 0.1) is 29.5 Å². The van der Waals surface area contributed by atoms with Crippen LogP contribution in [0.4, 0.5) is 0 Å². The Morgan fingerprint density at radius 1 is 1.09 bits per heavy atom. The molecule has 0 aliphatic carbocycles. The minimum Gasteiger partial charge on any atom is -0.372 e. The summed E-state index contributed by atoms with van der Waals surface area (Å²) >= 11 is 13.9. The Hall–Kier alpha value is -2.06. The topological polar surface area (TPSA) is 60.2 Å². The fourth-order valence-corrected chi connectivity index (χ4v) is 5.11. The number of rotatable bonds is 6. The van der Waals surface area contributed by atoms with Crippen LogP contribution in [0.3, 0.4) is 0 Å². The van der Waals surface area contributed by atoms with Crippen molar-refractivity contribution in [3.63, 3.8) is 0 Å². The van der Waals surface area contributed by atoms with Crippen LogP contribution in [0, 0.1) is 0 Å². The average molecular weight is 491 g/mol. The molecule has 2 aromatic carbocycles. The Morgan fingerprint density at radius 2 is 1.81 bits per heavy atom. The van der Waals surface area contributed by atoms with Crippen LogP contribution in [0.1, 0.15) is 19.4 Å². The number of benzene rings is 2. The molecule has 9 heteroatoms. The van der Waals surface area contributed by atoms with Crippen molar-refractivity contribution in [3.05, 3.63) is 64.1 Å². The predicted octanol–water partition coefficient (Wildman–Crippen LogP) is 5.03. The summed E-state index contributed by atoms with van der Waals surface area (Å²) in [7, 11) is 0. The third-order valence-electron chi connectivity index (χ3n) is 5.17. The van der Waals surface area contributed by atoms with Crippen LogP contribution in [0.5, 0.6) is 0 Å². The molecule has 2 heterocycles. The van der Waals surface area contributed by atoms with Crippen molar-refractivity contribution < 1.29 is 9.53 Å². The number of carbonyl (C=O) groups excluding carboxylic acids is 1.